The first-order valence-corrected chi connectivity index (χ1v) is 12.0. The van der Waals surface area contributed by atoms with E-state index in [-0.39, 0.29) is 0 Å². The van der Waals surface area contributed by atoms with Crippen LogP contribution in [0.4, 0.5) is 0 Å². The van der Waals surface area contributed by atoms with Crippen LogP contribution in [0.1, 0.15) is 69.7 Å². The van der Waals surface area contributed by atoms with Gasteiger partial charge in [0.15, 0.2) is 17.1 Å². The van der Waals surface area contributed by atoms with Crippen LogP contribution in [0.15, 0.2) is 52.9 Å². The largest absolute Gasteiger partial charge is 0.478 e. The van der Waals surface area contributed by atoms with Crippen molar-refractivity contribution < 1.29 is 19.1 Å². The Morgan fingerprint density at radius 3 is 2.58 bits per heavy atom. The number of rotatable bonds is 10. The first-order valence-electron chi connectivity index (χ1n) is 12.0. The van der Waals surface area contributed by atoms with Crippen molar-refractivity contribution in [1.82, 2.24) is 10.3 Å². The Balaban J connectivity index is 1.34. The van der Waals surface area contributed by atoms with E-state index >= 15 is 0 Å². The SMILES string of the molecule is CC(C)(Oc1ccc(CNCCC(c2nc3ccccc3o2)C2CCCCC2)cc1)C(=O)O. The molecule has 33 heavy (non-hydrogen) atoms. The van der Waals surface area contributed by atoms with Gasteiger partial charge in [-0.15, -0.1) is 0 Å². The third-order valence-corrected chi connectivity index (χ3v) is 6.62. The molecule has 0 amide bonds. The van der Waals surface area contributed by atoms with Gasteiger partial charge in [0.2, 0.25) is 0 Å². The van der Waals surface area contributed by atoms with Crippen molar-refractivity contribution in [3.8, 4) is 5.75 Å². The van der Waals surface area contributed by atoms with Crippen LogP contribution in [0.3, 0.4) is 0 Å². The maximum Gasteiger partial charge on any atom is 0.347 e. The molecule has 0 aliphatic heterocycles. The number of carbonyl (C=O) groups is 1. The number of benzene rings is 2. The Morgan fingerprint density at radius 2 is 1.88 bits per heavy atom. The molecule has 0 radical (unpaired) electrons. The van der Waals surface area contributed by atoms with Gasteiger partial charge in [0, 0.05) is 12.5 Å². The lowest BCUT2D eigenvalue weighted by molar-refractivity contribution is -0.152. The topological polar surface area (TPSA) is 84.6 Å². The van der Waals surface area contributed by atoms with E-state index in [0.29, 0.717) is 17.6 Å². The molecule has 1 aliphatic carbocycles. The summed E-state index contributed by atoms with van der Waals surface area (Å²) in [7, 11) is 0. The van der Waals surface area contributed by atoms with Crippen LogP contribution < -0.4 is 10.1 Å². The third-order valence-electron chi connectivity index (χ3n) is 6.62. The highest BCUT2D eigenvalue weighted by Gasteiger charge is 2.30. The average Bonchev–Trinajstić information content (AvgIpc) is 3.24. The molecule has 1 fully saturated rings. The summed E-state index contributed by atoms with van der Waals surface area (Å²) in [6.45, 7) is 4.71. The van der Waals surface area contributed by atoms with E-state index in [2.05, 4.69) is 5.32 Å². The molecule has 0 spiro atoms. The second-order valence-corrected chi connectivity index (χ2v) is 9.55. The summed E-state index contributed by atoms with van der Waals surface area (Å²) in [5.41, 5.74) is 1.69. The van der Waals surface area contributed by atoms with Crippen LogP contribution in [0.25, 0.3) is 11.1 Å². The van der Waals surface area contributed by atoms with Crippen LogP contribution in [0, 0.1) is 5.92 Å². The highest BCUT2D eigenvalue weighted by molar-refractivity contribution is 5.76. The minimum atomic E-state index is -1.25. The fourth-order valence-electron chi connectivity index (χ4n) is 4.65. The molecule has 3 aromatic rings. The molecule has 1 aliphatic rings. The van der Waals surface area contributed by atoms with Crippen molar-refractivity contribution in [3.63, 3.8) is 0 Å². The van der Waals surface area contributed by atoms with Crippen molar-refractivity contribution in [2.24, 2.45) is 5.92 Å². The molecule has 6 heteroatoms. The van der Waals surface area contributed by atoms with Crippen molar-refractivity contribution in [3.05, 3.63) is 60.0 Å². The number of aromatic nitrogens is 1. The maximum absolute atomic E-state index is 11.2. The van der Waals surface area contributed by atoms with Crippen molar-refractivity contribution in [2.75, 3.05) is 6.54 Å². The van der Waals surface area contributed by atoms with Crippen LogP contribution in [-0.4, -0.2) is 28.2 Å². The van der Waals surface area contributed by atoms with E-state index in [1.54, 1.807) is 13.8 Å². The smallest absolute Gasteiger partial charge is 0.347 e. The number of ether oxygens (including phenoxy) is 1. The average molecular weight is 451 g/mol. The molecule has 1 atom stereocenters. The first-order chi connectivity index (χ1) is 15.9. The fraction of sp³-hybridized carbons (Fsp3) is 0.481. The number of hydrogen-bond acceptors (Lipinski definition) is 5. The van der Waals surface area contributed by atoms with E-state index in [9.17, 15) is 9.90 Å². The number of aliphatic carboxylic acids is 1. The van der Waals surface area contributed by atoms with E-state index in [1.807, 2.05) is 48.5 Å². The molecule has 1 unspecified atom stereocenters. The fourth-order valence-corrected chi connectivity index (χ4v) is 4.65. The standard InChI is InChI=1S/C27H34N2O4/c1-27(2,26(30)31)33-21-14-12-19(13-15-21)18-28-17-16-22(20-8-4-3-5-9-20)25-29-23-10-6-7-11-24(23)32-25/h6-7,10-15,20,22,28H,3-5,8-9,16-18H2,1-2H3,(H,30,31). The van der Waals surface area contributed by atoms with Crippen molar-refractivity contribution >= 4 is 17.1 Å². The zero-order valence-corrected chi connectivity index (χ0v) is 19.5. The zero-order chi connectivity index (χ0) is 23.3. The van der Waals surface area contributed by atoms with Gasteiger partial charge in [-0.25, -0.2) is 9.78 Å². The summed E-state index contributed by atoms with van der Waals surface area (Å²) >= 11 is 0. The number of nitrogens with zero attached hydrogens (tertiary/aromatic N) is 1. The van der Waals surface area contributed by atoms with Crippen molar-refractivity contribution in [2.45, 2.75) is 70.4 Å². The minimum Gasteiger partial charge on any atom is -0.478 e. The van der Waals surface area contributed by atoms with Gasteiger partial charge in [0.05, 0.1) is 0 Å². The zero-order valence-electron chi connectivity index (χ0n) is 19.5. The van der Waals surface area contributed by atoms with E-state index < -0.39 is 11.6 Å². The Morgan fingerprint density at radius 1 is 1.15 bits per heavy atom. The van der Waals surface area contributed by atoms with Gasteiger partial charge in [-0.05, 0) is 75.4 Å². The second kappa shape index (κ2) is 10.4. The number of fused-ring (bicyclic) bond motifs is 1. The van der Waals surface area contributed by atoms with E-state index in [4.69, 9.17) is 14.1 Å². The number of para-hydroxylation sites is 2. The molecule has 1 heterocycles. The van der Waals surface area contributed by atoms with Gasteiger partial charge in [0.25, 0.3) is 0 Å². The highest BCUT2D eigenvalue weighted by atomic mass is 16.5. The lowest BCUT2D eigenvalue weighted by atomic mass is 9.78. The van der Waals surface area contributed by atoms with Crippen molar-refractivity contribution in [1.29, 1.82) is 0 Å². The quantitative estimate of drug-likeness (QED) is 0.373. The number of hydrogen-bond donors (Lipinski definition) is 2. The third kappa shape index (κ3) is 5.93. The van der Waals surface area contributed by atoms with Crippen LogP contribution in [0.2, 0.25) is 0 Å². The Kier molecular flexibility index (Phi) is 7.33. The molecule has 2 aromatic carbocycles. The molecular weight excluding hydrogens is 416 g/mol. The number of nitrogens with one attached hydrogen (secondary N) is 1. The predicted octanol–water partition coefficient (Wildman–Crippen LogP) is 5.91. The lowest BCUT2D eigenvalue weighted by Crippen LogP contribution is -2.37. The first kappa shape index (κ1) is 23.3. The van der Waals surface area contributed by atoms with E-state index in [1.165, 1.54) is 32.1 Å². The lowest BCUT2D eigenvalue weighted by Gasteiger charge is -2.28. The number of carboxylic acid groups (broad SMARTS) is 1. The molecule has 1 aromatic heterocycles. The van der Waals surface area contributed by atoms with Crippen LogP contribution >= 0.6 is 0 Å². The normalized spacial score (nSPS) is 16.1. The van der Waals surface area contributed by atoms with Gasteiger partial charge in [-0.1, -0.05) is 43.5 Å². The molecular formula is C27H34N2O4. The monoisotopic (exact) mass is 450 g/mol. The molecule has 2 N–H and O–H groups in total. The Bertz CT molecular complexity index is 1020. The molecule has 176 valence electrons. The molecule has 0 saturated heterocycles. The maximum atomic E-state index is 11.2. The second-order valence-electron chi connectivity index (χ2n) is 9.55. The minimum absolute atomic E-state index is 0.333. The van der Waals surface area contributed by atoms with Gasteiger partial charge in [-0.3, -0.25) is 0 Å². The summed E-state index contributed by atoms with van der Waals surface area (Å²) in [6.07, 6.45) is 7.41. The summed E-state index contributed by atoms with van der Waals surface area (Å²) < 4.78 is 11.8. The molecule has 1 saturated carbocycles. The van der Waals surface area contributed by atoms with Crippen LogP contribution in [-0.2, 0) is 11.3 Å². The Labute approximate surface area is 195 Å². The van der Waals surface area contributed by atoms with Gasteiger partial charge < -0.3 is 19.6 Å². The summed E-state index contributed by atoms with van der Waals surface area (Å²) in [4.78, 5) is 16.1. The summed E-state index contributed by atoms with van der Waals surface area (Å²) in [5.74, 6) is 1.41. The van der Waals surface area contributed by atoms with E-state index in [0.717, 1.165) is 42.1 Å². The molecule has 0 bridgehead atoms. The predicted molar refractivity (Wildman–Crippen MR) is 128 cm³/mol. The highest BCUT2D eigenvalue weighted by Crippen LogP contribution is 2.38. The number of oxazole rings is 1. The summed E-state index contributed by atoms with van der Waals surface area (Å²) in [5, 5.41) is 12.8. The molecule has 6 nitrogen and oxygen atoms in total. The molecule has 4 rings (SSSR count). The summed E-state index contributed by atoms with van der Waals surface area (Å²) in [6, 6.07) is 15.6. The van der Waals surface area contributed by atoms with Crippen LogP contribution in [0.5, 0.6) is 5.75 Å². The number of carboxylic acids is 1. The van der Waals surface area contributed by atoms with Gasteiger partial charge >= 0.3 is 5.97 Å². The van der Waals surface area contributed by atoms with Gasteiger partial charge in [0.1, 0.15) is 11.3 Å². The Hall–Kier alpha value is -2.86. The van der Waals surface area contributed by atoms with Gasteiger partial charge in [-0.2, -0.15) is 0 Å².